The van der Waals surface area contributed by atoms with Crippen LogP contribution in [0.15, 0.2) is 85.1 Å². The second-order valence-electron chi connectivity index (χ2n) is 12.7. The van der Waals surface area contributed by atoms with Gasteiger partial charge in [0, 0.05) is 37.2 Å². The van der Waals surface area contributed by atoms with Gasteiger partial charge in [-0.15, -0.1) is 0 Å². The van der Waals surface area contributed by atoms with E-state index in [1.165, 1.54) is 30.5 Å². The molecule has 19 heteroatoms. The number of anilines is 2. The molecule has 1 aliphatic rings. The van der Waals surface area contributed by atoms with Crippen LogP contribution in [0.1, 0.15) is 47.3 Å². The normalized spacial score (nSPS) is 12.2. The van der Waals surface area contributed by atoms with Gasteiger partial charge in [0.1, 0.15) is 24.9 Å². The number of ether oxygens (including phenoxy) is 2. The summed E-state index contributed by atoms with van der Waals surface area (Å²) in [6.07, 6.45) is 4.63. The minimum absolute atomic E-state index is 0.0407. The lowest BCUT2D eigenvalue weighted by Gasteiger charge is -2.19. The molecule has 0 spiro atoms. The topological polar surface area (TPSA) is 274 Å². The monoisotopic (exact) mass is 798 g/mol. The van der Waals surface area contributed by atoms with Gasteiger partial charge in [-0.25, -0.2) is 9.78 Å². The van der Waals surface area contributed by atoms with Crippen molar-refractivity contribution in [1.29, 1.82) is 0 Å². The number of hydrogen-bond acceptors (Lipinski definition) is 12. The third-order valence-corrected chi connectivity index (χ3v) is 8.21. The van der Waals surface area contributed by atoms with Crippen molar-refractivity contribution in [1.82, 2.24) is 25.8 Å². The van der Waals surface area contributed by atoms with Crippen LogP contribution in [-0.4, -0.2) is 95.6 Å². The fourth-order valence-corrected chi connectivity index (χ4v) is 5.23. The zero-order chi connectivity index (χ0) is 41.9. The number of carbonyl (C=O) groups excluding carboxylic acids is 9. The number of esters is 1. The van der Waals surface area contributed by atoms with Crippen LogP contribution in [0.25, 0.3) is 0 Å². The summed E-state index contributed by atoms with van der Waals surface area (Å²) in [4.78, 5) is 114. The van der Waals surface area contributed by atoms with E-state index in [1.807, 2.05) is 0 Å². The van der Waals surface area contributed by atoms with Gasteiger partial charge in [-0.05, 0) is 48.2 Å². The van der Waals surface area contributed by atoms with Crippen LogP contribution < -0.4 is 32.3 Å². The van der Waals surface area contributed by atoms with E-state index in [0.717, 1.165) is 4.90 Å². The number of nitrogens with two attached hydrogens (primary N) is 1. The summed E-state index contributed by atoms with van der Waals surface area (Å²) in [5.41, 5.74) is 7.19. The first-order valence-corrected chi connectivity index (χ1v) is 18.0. The van der Waals surface area contributed by atoms with Crippen molar-refractivity contribution in [3.05, 3.63) is 102 Å². The first kappa shape index (κ1) is 43.3. The molecule has 1 atom stereocenters. The Kier molecular flexibility index (Phi) is 16.6. The van der Waals surface area contributed by atoms with Gasteiger partial charge in [0.05, 0.1) is 18.4 Å². The van der Waals surface area contributed by atoms with E-state index < -0.39 is 67.3 Å². The Morgan fingerprint density at radius 1 is 0.707 bits per heavy atom. The SMILES string of the molecule is NC(=O)c1ccc(NC(=O)OCc2ccc(NC(=O)CNC(=O)[C@H](Cc3ccccc3)NC(=O)COC(=O)CNC(=O)CCCCCN3C(=O)C=CC3=O)cc2)cn1. The van der Waals surface area contributed by atoms with Crippen LogP contribution in [0.2, 0.25) is 0 Å². The maximum absolute atomic E-state index is 13.1. The zero-order valence-corrected chi connectivity index (χ0v) is 31.2. The Bertz CT molecular complexity index is 1990. The first-order chi connectivity index (χ1) is 27.9. The number of benzene rings is 2. The molecule has 0 unspecified atom stereocenters. The molecule has 2 aromatic carbocycles. The average molecular weight is 799 g/mol. The molecule has 0 bridgehead atoms. The molecule has 0 fully saturated rings. The van der Waals surface area contributed by atoms with Crippen molar-refractivity contribution < 1.29 is 52.6 Å². The van der Waals surface area contributed by atoms with Gasteiger partial charge in [0.15, 0.2) is 6.61 Å². The minimum Gasteiger partial charge on any atom is -0.454 e. The number of aromatic nitrogens is 1. The molecule has 0 saturated carbocycles. The summed E-state index contributed by atoms with van der Waals surface area (Å²) >= 11 is 0. The second-order valence-corrected chi connectivity index (χ2v) is 12.7. The molecular weight excluding hydrogens is 756 g/mol. The quantitative estimate of drug-likeness (QED) is 0.0498. The van der Waals surface area contributed by atoms with Crippen molar-refractivity contribution in [2.24, 2.45) is 5.73 Å². The molecule has 2 heterocycles. The average Bonchev–Trinajstić information content (AvgIpc) is 3.53. The Labute approximate surface area is 332 Å². The van der Waals surface area contributed by atoms with E-state index in [0.29, 0.717) is 41.8 Å². The standard InChI is InChI=1S/C39H42N8O11/c40-37(54)29-15-14-28(20-41-29)45-39(56)58-23-26-10-12-27(13-11-26)44-32(49)21-43-38(55)30(19-25-7-3-1-4-8-25)46-33(50)24-57-36(53)22-42-31(48)9-5-2-6-18-47-34(51)16-17-35(47)52/h1,3-4,7-8,10-17,20,30H,2,5-6,9,18-19,21-24H2,(H2,40,54)(H,42,48)(H,43,55)(H,44,49)(H,45,56)(H,46,50)/t30-/m0/s1. The number of unbranched alkanes of at least 4 members (excludes halogenated alkanes) is 2. The smallest absolute Gasteiger partial charge is 0.412 e. The Morgan fingerprint density at radius 3 is 2.09 bits per heavy atom. The third kappa shape index (κ3) is 15.0. The van der Waals surface area contributed by atoms with Crippen LogP contribution in [0.5, 0.6) is 0 Å². The van der Waals surface area contributed by atoms with Crippen molar-refractivity contribution >= 4 is 64.8 Å². The molecule has 1 aromatic heterocycles. The summed E-state index contributed by atoms with van der Waals surface area (Å²) in [6, 6.07) is 16.8. The number of amides is 8. The Morgan fingerprint density at radius 2 is 1.41 bits per heavy atom. The lowest BCUT2D eigenvalue weighted by Crippen LogP contribution is -2.50. The fraction of sp³-hybridized carbons (Fsp3) is 0.282. The van der Waals surface area contributed by atoms with E-state index in [4.69, 9.17) is 15.2 Å². The zero-order valence-electron chi connectivity index (χ0n) is 31.2. The number of imide groups is 1. The van der Waals surface area contributed by atoms with Crippen molar-refractivity contribution in [2.45, 2.75) is 44.8 Å². The lowest BCUT2D eigenvalue weighted by atomic mass is 10.1. The number of nitrogens with zero attached hydrogens (tertiary/aromatic N) is 2. The van der Waals surface area contributed by atoms with E-state index in [9.17, 15) is 43.2 Å². The van der Waals surface area contributed by atoms with Crippen molar-refractivity contribution in [3.8, 4) is 0 Å². The molecule has 3 aromatic rings. The molecule has 4 rings (SSSR count). The fourth-order valence-electron chi connectivity index (χ4n) is 5.23. The second kappa shape index (κ2) is 22.2. The highest BCUT2D eigenvalue weighted by molar-refractivity contribution is 6.12. The number of hydrogen-bond donors (Lipinski definition) is 6. The predicted molar refractivity (Wildman–Crippen MR) is 205 cm³/mol. The molecule has 58 heavy (non-hydrogen) atoms. The molecule has 0 radical (unpaired) electrons. The van der Waals surface area contributed by atoms with Gasteiger partial charge in [-0.3, -0.25) is 48.6 Å². The largest absolute Gasteiger partial charge is 0.454 e. The van der Waals surface area contributed by atoms with Gasteiger partial charge >= 0.3 is 12.1 Å². The summed E-state index contributed by atoms with van der Waals surface area (Å²) in [5.74, 6) is -4.77. The third-order valence-electron chi connectivity index (χ3n) is 8.21. The highest BCUT2D eigenvalue weighted by atomic mass is 16.5. The van der Waals surface area contributed by atoms with Crippen LogP contribution in [0.4, 0.5) is 16.2 Å². The van der Waals surface area contributed by atoms with Crippen LogP contribution in [0, 0.1) is 0 Å². The number of carbonyl (C=O) groups is 9. The highest BCUT2D eigenvalue weighted by Gasteiger charge is 2.24. The molecule has 19 nitrogen and oxygen atoms in total. The molecule has 7 N–H and O–H groups in total. The van der Waals surface area contributed by atoms with E-state index in [-0.39, 0.29) is 43.5 Å². The maximum Gasteiger partial charge on any atom is 0.412 e. The number of rotatable bonds is 21. The predicted octanol–water partition coefficient (Wildman–Crippen LogP) is 0.856. The Balaban J connectivity index is 1.14. The molecule has 304 valence electrons. The van der Waals surface area contributed by atoms with Crippen molar-refractivity contribution in [3.63, 3.8) is 0 Å². The van der Waals surface area contributed by atoms with Gasteiger partial charge in [0.2, 0.25) is 17.7 Å². The molecule has 1 aliphatic heterocycles. The van der Waals surface area contributed by atoms with E-state index in [1.54, 1.807) is 54.6 Å². The van der Waals surface area contributed by atoms with Crippen LogP contribution >= 0.6 is 0 Å². The molecule has 8 amide bonds. The van der Waals surface area contributed by atoms with Gasteiger partial charge in [-0.1, -0.05) is 48.9 Å². The van der Waals surface area contributed by atoms with Crippen LogP contribution in [-0.2, 0) is 56.1 Å². The number of primary amides is 1. The summed E-state index contributed by atoms with van der Waals surface area (Å²) in [5, 5.41) is 12.5. The highest BCUT2D eigenvalue weighted by Crippen LogP contribution is 2.12. The lowest BCUT2D eigenvalue weighted by molar-refractivity contribution is -0.148. The number of nitrogens with one attached hydrogen (secondary N) is 5. The van der Waals surface area contributed by atoms with Gasteiger partial charge in [0.25, 0.3) is 23.6 Å². The van der Waals surface area contributed by atoms with Gasteiger partial charge in [-0.2, -0.15) is 0 Å². The van der Waals surface area contributed by atoms with Gasteiger partial charge < -0.3 is 36.5 Å². The summed E-state index contributed by atoms with van der Waals surface area (Å²) < 4.78 is 10.1. The summed E-state index contributed by atoms with van der Waals surface area (Å²) in [6.45, 7) is -1.50. The van der Waals surface area contributed by atoms with E-state index in [2.05, 4.69) is 31.6 Å². The molecule has 0 aliphatic carbocycles. The van der Waals surface area contributed by atoms with Crippen molar-refractivity contribution in [2.75, 3.05) is 36.9 Å². The molecular formula is C39H42N8O11. The first-order valence-electron chi connectivity index (χ1n) is 18.0. The van der Waals surface area contributed by atoms with Crippen LogP contribution in [0.3, 0.4) is 0 Å². The Hall–Kier alpha value is -7.44. The minimum atomic E-state index is -1.14. The summed E-state index contributed by atoms with van der Waals surface area (Å²) in [7, 11) is 0. The molecule has 0 saturated heterocycles. The maximum atomic E-state index is 13.1. The number of pyridine rings is 1. The van der Waals surface area contributed by atoms with E-state index >= 15 is 0 Å².